The molecule has 4 heterocycles. The summed E-state index contributed by atoms with van der Waals surface area (Å²) in [7, 11) is 0. The van der Waals surface area contributed by atoms with E-state index >= 15 is 8.78 Å². The zero-order chi connectivity index (χ0) is 40.5. The largest absolute Gasteiger partial charge is 0.309 e. The van der Waals surface area contributed by atoms with Crippen LogP contribution in [0.25, 0.3) is 80.5 Å². The number of aromatic nitrogens is 4. The number of nitrogens with zero attached hydrogens (tertiary/aromatic N) is 4. The van der Waals surface area contributed by atoms with E-state index in [1.165, 1.54) is 24.3 Å². The Bertz CT molecular complexity index is 3250. The van der Waals surface area contributed by atoms with Crippen molar-refractivity contribution in [3.8, 4) is 33.9 Å². The SMILES string of the molecule is C=C/C=c1\c(=C)c2ccccc2n1-c1cc(-c2ccc(F)cc2F)nc(C(C)(C)c2cc(-n3c4c(c5ccccc53)=CCC(C)C=4)cc(-c3ccc(F)cc3F)n2)c1. The van der Waals surface area contributed by atoms with E-state index in [1.807, 2.05) is 79.1 Å². The van der Waals surface area contributed by atoms with Gasteiger partial charge in [-0.3, -0.25) is 9.97 Å². The maximum atomic E-state index is 15.7. The Hall–Kier alpha value is -6.80. The van der Waals surface area contributed by atoms with E-state index in [-0.39, 0.29) is 22.7 Å². The molecule has 1 aliphatic carbocycles. The molecule has 58 heavy (non-hydrogen) atoms. The van der Waals surface area contributed by atoms with Crippen LogP contribution in [-0.2, 0) is 5.41 Å². The average Bonchev–Trinajstić information content (AvgIpc) is 3.68. The summed E-state index contributed by atoms with van der Waals surface area (Å²) in [6.45, 7) is 14.4. The van der Waals surface area contributed by atoms with E-state index in [2.05, 4.69) is 48.9 Å². The predicted octanol–water partition coefficient (Wildman–Crippen LogP) is 9.56. The minimum atomic E-state index is -1.02. The highest BCUT2D eigenvalue weighted by Gasteiger charge is 2.31. The van der Waals surface area contributed by atoms with Crippen LogP contribution in [0.15, 0.2) is 122 Å². The van der Waals surface area contributed by atoms with Gasteiger partial charge >= 0.3 is 0 Å². The molecule has 9 rings (SSSR count). The number of para-hydroxylation sites is 2. The standard InChI is InChI=1S/C50H38F4N4/c1-6-11-44-30(3)35-12-7-9-14-45(35)57(44)33-25-42(38-20-17-31(51)23-40(38)53)55-48(27-33)50(4,5)49-28-34(26-43(56-49)39-21-18-32(52)24-41(39)54)58-46-15-10-8-13-36(46)37-19-16-29(2)22-47(37)58/h6-15,17-29H,1,3,16H2,2,4-5H3/b44-11+. The number of allylic oxidation sites excluding steroid dienone is 1. The lowest BCUT2D eigenvalue weighted by Gasteiger charge is -2.27. The second-order valence-corrected chi connectivity index (χ2v) is 15.4. The molecule has 4 nitrogen and oxygen atoms in total. The molecule has 0 saturated heterocycles. The van der Waals surface area contributed by atoms with Crippen molar-refractivity contribution >= 4 is 46.6 Å². The number of benzene rings is 4. The van der Waals surface area contributed by atoms with Crippen LogP contribution >= 0.6 is 0 Å². The number of pyridine rings is 2. The summed E-state index contributed by atoms with van der Waals surface area (Å²) in [5, 5.41) is 5.71. The summed E-state index contributed by atoms with van der Waals surface area (Å²) in [5.41, 5.74) is 4.08. The van der Waals surface area contributed by atoms with Gasteiger partial charge in [-0.15, -0.1) is 0 Å². The zero-order valence-electron chi connectivity index (χ0n) is 32.2. The molecule has 1 atom stereocenters. The minimum Gasteiger partial charge on any atom is -0.309 e. The Labute approximate surface area is 332 Å². The molecule has 0 bridgehead atoms. The van der Waals surface area contributed by atoms with Gasteiger partial charge in [0.1, 0.15) is 23.3 Å². The van der Waals surface area contributed by atoms with Crippen LogP contribution in [0.1, 0.15) is 38.6 Å². The normalized spacial score (nSPS) is 14.4. The summed E-state index contributed by atoms with van der Waals surface area (Å²) in [5.74, 6) is -2.62. The third-order valence-corrected chi connectivity index (χ3v) is 11.2. The van der Waals surface area contributed by atoms with Gasteiger partial charge in [0.25, 0.3) is 0 Å². The Morgan fingerprint density at radius 2 is 1.22 bits per heavy atom. The lowest BCUT2D eigenvalue weighted by Crippen LogP contribution is -2.32. The number of hydrogen-bond donors (Lipinski definition) is 0. The molecule has 8 heteroatoms. The number of fused-ring (bicyclic) bond motifs is 4. The second kappa shape index (κ2) is 14.0. The van der Waals surface area contributed by atoms with E-state index in [4.69, 9.17) is 9.97 Å². The minimum absolute atomic E-state index is 0.114. The molecule has 4 aromatic heterocycles. The molecule has 0 saturated carbocycles. The highest BCUT2D eigenvalue weighted by atomic mass is 19.1. The molecule has 0 aliphatic heterocycles. The lowest BCUT2D eigenvalue weighted by atomic mass is 9.83. The van der Waals surface area contributed by atoms with Gasteiger partial charge in [-0.2, -0.15) is 0 Å². The van der Waals surface area contributed by atoms with Crippen molar-refractivity contribution in [2.45, 2.75) is 32.6 Å². The quantitative estimate of drug-likeness (QED) is 0.152. The van der Waals surface area contributed by atoms with Crippen LogP contribution in [0.4, 0.5) is 17.6 Å². The van der Waals surface area contributed by atoms with E-state index in [9.17, 15) is 8.78 Å². The van der Waals surface area contributed by atoms with Crippen molar-refractivity contribution in [1.29, 1.82) is 0 Å². The molecule has 0 N–H and O–H groups in total. The van der Waals surface area contributed by atoms with Crippen LogP contribution < -0.4 is 21.1 Å². The Balaban J connectivity index is 1.35. The summed E-state index contributed by atoms with van der Waals surface area (Å²) in [6.07, 6.45) is 8.98. The number of halogens is 4. The van der Waals surface area contributed by atoms with Gasteiger partial charge in [0, 0.05) is 49.9 Å². The topological polar surface area (TPSA) is 35.6 Å². The van der Waals surface area contributed by atoms with Crippen LogP contribution in [0.5, 0.6) is 0 Å². The fourth-order valence-electron chi connectivity index (χ4n) is 8.21. The first kappa shape index (κ1) is 36.8. The van der Waals surface area contributed by atoms with Crippen molar-refractivity contribution in [2.24, 2.45) is 5.92 Å². The van der Waals surface area contributed by atoms with Gasteiger partial charge in [0.05, 0.1) is 55.9 Å². The molecule has 4 aromatic carbocycles. The third kappa shape index (κ3) is 6.07. The molecule has 0 radical (unpaired) electrons. The van der Waals surface area contributed by atoms with Crippen molar-refractivity contribution in [3.05, 3.63) is 178 Å². The predicted molar refractivity (Wildman–Crippen MR) is 226 cm³/mol. The van der Waals surface area contributed by atoms with E-state index in [1.54, 1.807) is 12.1 Å². The Morgan fingerprint density at radius 3 is 1.79 bits per heavy atom. The molecule has 8 aromatic rings. The first-order valence-corrected chi connectivity index (χ1v) is 19.1. The fraction of sp³-hybridized carbons (Fsp3) is 0.120. The number of rotatable bonds is 7. The van der Waals surface area contributed by atoms with Gasteiger partial charge < -0.3 is 9.13 Å². The van der Waals surface area contributed by atoms with Gasteiger partial charge in [-0.1, -0.05) is 74.7 Å². The van der Waals surface area contributed by atoms with Crippen LogP contribution in [0, 0.1) is 29.2 Å². The Kier molecular flexibility index (Phi) is 8.88. The third-order valence-electron chi connectivity index (χ3n) is 11.2. The summed E-state index contributed by atoms with van der Waals surface area (Å²) in [4.78, 5) is 10.2. The summed E-state index contributed by atoms with van der Waals surface area (Å²) >= 11 is 0. The highest BCUT2D eigenvalue weighted by Crippen LogP contribution is 2.37. The van der Waals surface area contributed by atoms with Crippen LogP contribution in [0.3, 0.4) is 0 Å². The first-order chi connectivity index (χ1) is 27.9. The van der Waals surface area contributed by atoms with E-state index in [0.717, 1.165) is 67.2 Å². The highest BCUT2D eigenvalue weighted by molar-refractivity contribution is 5.86. The van der Waals surface area contributed by atoms with E-state index in [0.29, 0.717) is 22.8 Å². The van der Waals surface area contributed by atoms with Gasteiger partial charge in [-0.25, -0.2) is 17.6 Å². The van der Waals surface area contributed by atoms with Gasteiger partial charge in [0.15, 0.2) is 0 Å². The van der Waals surface area contributed by atoms with Crippen molar-refractivity contribution in [1.82, 2.24) is 19.1 Å². The molecular weight excluding hydrogens is 733 g/mol. The lowest BCUT2D eigenvalue weighted by molar-refractivity contribution is 0.581. The van der Waals surface area contributed by atoms with Crippen molar-refractivity contribution in [3.63, 3.8) is 0 Å². The summed E-state index contributed by atoms with van der Waals surface area (Å²) in [6, 6.07) is 30.5. The number of hydrogen-bond acceptors (Lipinski definition) is 2. The molecular formula is C50H38F4N4. The average molecular weight is 771 g/mol. The molecule has 1 unspecified atom stereocenters. The van der Waals surface area contributed by atoms with Gasteiger partial charge in [-0.05, 0) is 92.9 Å². The molecule has 0 fully saturated rings. The maximum Gasteiger partial charge on any atom is 0.135 e. The molecule has 286 valence electrons. The fourth-order valence-corrected chi connectivity index (χ4v) is 8.21. The molecule has 0 spiro atoms. The van der Waals surface area contributed by atoms with E-state index < -0.39 is 28.7 Å². The maximum absolute atomic E-state index is 15.7. The first-order valence-electron chi connectivity index (χ1n) is 19.1. The molecule has 1 aliphatic rings. The van der Waals surface area contributed by atoms with Crippen LogP contribution in [-0.4, -0.2) is 19.1 Å². The monoisotopic (exact) mass is 770 g/mol. The molecule has 0 amide bonds. The summed E-state index contributed by atoms with van der Waals surface area (Å²) < 4.78 is 64.2. The Morgan fingerprint density at radius 1 is 0.690 bits per heavy atom. The zero-order valence-corrected chi connectivity index (χ0v) is 32.2. The van der Waals surface area contributed by atoms with Crippen molar-refractivity contribution < 1.29 is 17.6 Å². The van der Waals surface area contributed by atoms with Gasteiger partial charge in [0.2, 0.25) is 0 Å². The second-order valence-electron chi connectivity index (χ2n) is 15.4. The van der Waals surface area contributed by atoms with Crippen molar-refractivity contribution in [2.75, 3.05) is 0 Å². The smallest absolute Gasteiger partial charge is 0.135 e. The van der Waals surface area contributed by atoms with Crippen LogP contribution in [0.2, 0.25) is 0 Å².